The first kappa shape index (κ1) is 13.0. The second-order valence-corrected chi connectivity index (χ2v) is 3.03. The molecule has 0 amide bonds. The maximum atomic E-state index is 13.4. The van der Waals surface area contributed by atoms with Crippen LogP contribution in [-0.4, -0.2) is 30.6 Å². The van der Waals surface area contributed by atoms with Gasteiger partial charge in [-0.3, -0.25) is 4.79 Å². The molecule has 17 heavy (non-hydrogen) atoms. The number of esters is 1. The molecule has 0 atom stereocenters. The third-order valence-corrected chi connectivity index (χ3v) is 1.99. The van der Waals surface area contributed by atoms with Crippen LogP contribution in [0.2, 0.25) is 0 Å². The van der Waals surface area contributed by atoms with Crippen molar-refractivity contribution in [2.75, 3.05) is 13.7 Å². The average molecular weight is 242 g/mol. The second kappa shape index (κ2) is 5.29. The van der Waals surface area contributed by atoms with Crippen molar-refractivity contribution in [3.05, 3.63) is 23.5 Å². The van der Waals surface area contributed by atoms with Crippen LogP contribution < -0.4 is 4.74 Å². The van der Waals surface area contributed by atoms with Crippen LogP contribution >= 0.6 is 0 Å². The van der Waals surface area contributed by atoms with E-state index < -0.39 is 29.1 Å². The van der Waals surface area contributed by atoms with E-state index in [1.807, 2.05) is 0 Å². The Balaban J connectivity index is 3.18. The molecule has 1 N–H and O–H groups in total. The summed E-state index contributed by atoms with van der Waals surface area (Å²) in [6, 6.07) is 2.06. The number of carbonyl (C=O) groups is 2. The lowest BCUT2D eigenvalue weighted by Crippen LogP contribution is -2.18. The van der Waals surface area contributed by atoms with Gasteiger partial charge in [-0.05, 0) is 19.1 Å². The van der Waals surface area contributed by atoms with Gasteiger partial charge in [0.1, 0.15) is 0 Å². The van der Waals surface area contributed by atoms with E-state index in [-0.39, 0.29) is 12.2 Å². The van der Waals surface area contributed by atoms with Crippen LogP contribution in [0.1, 0.15) is 17.3 Å². The van der Waals surface area contributed by atoms with Crippen molar-refractivity contribution in [3.8, 4) is 11.5 Å². The first-order valence-electron chi connectivity index (χ1n) is 4.79. The topological polar surface area (TPSA) is 72.8 Å². The monoisotopic (exact) mass is 242 g/mol. The highest BCUT2D eigenvalue weighted by Gasteiger charge is 2.25. The van der Waals surface area contributed by atoms with E-state index in [1.54, 1.807) is 6.92 Å². The Morgan fingerprint density at radius 2 is 2.06 bits per heavy atom. The van der Waals surface area contributed by atoms with Gasteiger partial charge < -0.3 is 14.6 Å². The van der Waals surface area contributed by atoms with Crippen LogP contribution in [0.15, 0.2) is 12.1 Å². The van der Waals surface area contributed by atoms with Gasteiger partial charge in [-0.15, -0.1) is 0 Å². The van der Waals surface area contributed by atoms with Gasteiger partial charge in [-0.1, -0.05) is 0 Å². The summed E-state index contributed by atoms with van der Waals surface area (Å²) < 4.78 is 22.5. The van der Waals surface area contributed by atoms with Crippen molar-refractivity contribution >= 4 is 11.8 Å². The van der Waals surface area contributed by atoms with Gasteiger partial charge in [0.15, 0.2) is 11.5 Å². The summed E-state index contributed by atoms with van der Waals surface area (Å²) in [6.07, 6.45) is 0. The molecule has 92 valence electrons. The number of carbonyl (C=O) groups excluding carboxylic acids is 2. The predicted octanol–water partition coefficient (Wildman–Crippen LogP) is 1.29. The number of Topliss-reactive ketones (excluding diaryl/α,β-unsaturated/α-hetero) is 1. The number of phenols is 1. The Kier molecular flexibility index (Phi) is 4.03. The Morgan fingerprint density at radius 1 is 1.41 bits per heavy atom. The average Bonchev–Trinajstić information content (AvgIpc) is 2.31. The highest BCUT2D eigenvalue weighted by Crippen LogP contribution is 2.29. The van der Waals surface area contributed by atoms with Gasteiger partial charge >= 0.3 is 5.97 Å². The number of phenolic OH excluding ortho intramolecular Hbond substituents is 1. The minimum Gasteiger partial charge on any atom is -0.505 e. The van der Waals surface area contributed by atoms with Crippen molar-refractivity contribution in [3.63, 3.8) is 0 Å². The summed E-state index contributed by atoms with van der Waals surface area (Å²) in [5, 5.41) is 9.10. The van der Waals surface area contributed by atoms with E-state index in [1.165, 1.54) is 0 Å². The van der Waals surface area contributed by atoms with E-state index >= 15 is 0 Å². The lowest BCUT2D eigenvalue weighted by molar-refractivity contribution is -0.137. The van der Waals surface area contributed by atoms with Crippen LogP contribution in [0.4, 0.5) is 4.39 Å². The quantitative estimate of drug-likeness (QED) is 0.489. The maximum Gasteiger partial charge on any atom is 0.379 e. The SMILES string of the molecule is CCOC(=O)C(=O)c1ccc(O)c(F)c1OC. The Morgan fingerprint density at radius 3 is 2.59 bits per heavy atom. The zero-order valence-electron chi connectivity index (χ0n) is 9.32. The van der Waals surface area contributed by atoms with Crippen LogP contribution in [0.25, 0.3) is 0 Å². The molecule has 0 fully saturated rings. The molecule has 0 aliphatic rings. The summed E-state index contributed by atoms with van der Waals surface area (Å²) in [5.74, 6) is -4.37. The van der Waals surface area contributed by atoms with Gasteiger partial charge in [0.2, 0.25) is 5.82 Å². The Labute approximate surface area is 96.8 Å². The van der Waals surface area contributed by atoms with Crippen molar-refractivity contribution in [1.29, 1.82) is 0 Å². The third kappa shape index (κ3) is 2.52. The molecule has 0 saturated heterocycles. The first-order chi connectivity index (χ1) is 8.02. The molecule has 0 unspecified atom stereocenters. The molecule has 1 rings (SSSR count). The lowest BCUT2D eigenvalue weighted by atomic mass is 10.1. The molecule has 1 aromatic carbocycles. The molecule has 0 bridgehead atoms. The molecule has 0 spiro atoms. The molecule has 0 aromatic heterocycles. The second-order valence-electron chi connectivity index (χ2n) is 3.03. The van der Waals surface area contributed by atoms with E-state index in [2.05, 4.69) is 9.47 Å². The summed E-state index contributed by atoms with van der Waals surface area (Å²) in [6.45, 7) is 1.58. The number of ether oxygens (including phenoxy) is 2. The minimum absolute atomic E-state index is 0.0352. The summed E-state index contributed by atoms with van der Waals surface area (Å²) in [7, 11) is 1.12. The molecular weight excluding hydrogens is 231 g/mol. The molecule has 0 aliphatic carbocycles. The van der Waals surface area contributed by atoms with Gasteiger partial charge in [0.25, 0.3) is 5.78 Å². The van der Waals surface area contributed by atoms with Gasteiger partial charge in [0.05, 0.1) is 19.3 Å². The molecule has 0 aliphatic heterocycles. The van der Waals surface area contributed by atoms with E-state index in [9.17, 15) is 14.0 Å². The molecule has 0 saturated carbocycles. The highest BCUT2D eigenvalue weighted by atomic mass is 19.1. The molecule has 0 radical (unpaired) electrons. The fourth-order valence-electron chi connectivity index (χ4n) is 1.23. The van der Waals surface area contributed by atoms with Crippen LogP contribution in [0, 0.1) is 5.82 Å². The number of benzene rings is 1. The number of halogens is 1. The smallest absolute Gasteiger partial charge is 0.379 e. The maximum absolute atomic E-state index is 13.4. The summed E-state index contributed by atoms with van der Waals surface area (Å²) in [4.78, 5) is 22.8. The van der Waals surface area contributed by atoms with Crippen molar-refractivity contribution in [1.82, 2.24) is 0 Å². The summed E-state index contributed by atoms with van der Waals surface area (Å²) in [5.41, 5.74) is -0.291. The van der Waals surface area contributed by atoms with Crippen LogP contribution in [0.5, 0.6) is 11.5 Å². The molecule has 1 aromatic rings. The minimum atomic E-state index is -1.10. The number of hydrogen-bond acceptors (Lipinski definition) is 5. The van der Waals surface area contributed by atoms with Crippen LogP contribution in [-0.2, 0) is 9.53 Å². The molecule has 0 heterocycles. The number of rotatable bonds is 4. The molecule has 6 heteroatoms. The zero-order chi connectivity index (χ0) is 13.0. The standard InChI is InChI=1S/C11H11FO5/c1-3-17-11(15)9(14)6-4-5-7(13)8(12)10(6)16-2/h4-5,13H,3H2,1-2H3. The summed E-state index contributed by atoms with van der Waals surface area (Å²) >= 11 is 0. The molecule has 5 nitrogen and oxygen atoms in total. The fraction of sp³-hybridized carbons (Fsp3) is 0.273. The zero-order valence-corrected chi connectivity index (χ0v) is 9.32. The van der Waals surface area contributed by atoms with Crippen molar-refractivity contribution in [2.45, 2.75) is 6.92 Å². The van der Waals surface area contributed by atoms with Gasteiger partial charge in [-0.2, -0.15) is 4.39 Å². The fourth-order valence-corrected chi connectivity index (χ4v) is 1.23. The van der Waals surface area contributed by atoms with Gasteiger partial charge in [0, 0.05) is 0 Å². The lowest BCUT2D eigenvalue weighted by Gasteiger charge is -2.08. The Bertz CT molecular complexity index is 455. The number of hydrogen-bond donors (Lipinski definition) is 1. The number of ketones is 1. The van der Waals surface area contributed by atoms with Gasteiger partial charge in [-0.25, -0.2) is 4.79 Å². The van der Waals surface area contributed by atoms with E-state index in [0.29, 0.717) is 0 Å². The van der Waals surface area contributed by atoms with Crippen LogP contribution in [0.3, 0.4) is 0 Å². The first-order valence-corrected chi connectivity index (χ1v) is 4.79. The van der Waals surface area contributed by atoms with Crippen molar-refractivity contribution in [2.24, 2.45) is 0 Å². The largest absolute Gasteiger partial charge is 0.505 e. The number of aromatic hydroxyl groups is 1. The van der Waals surface area contributed by atoms with E-state index in [4.69, 9.17) is 5.11 Å². The van der Waals surface area contributed by atoms with E-state index in [0.717, 1.165) is 19.2 Å². The highest BCUT2D eigenvalue weighted by molar-refractivity contribution is 6.41. The normalized spacial score (nSPS) is 9.82. The van der Waals surface area contributed by atoms with Crippen molar-refractivity contribution < 1.29 is 28.6 Å². The molecular formula is C11H11FO5. The predicted molar refractivity (Wildman–Crippen MR) is 55.6 cm³/mol. The Hall–Kier alpha value is -2.11. The number of methoxy groups -OCH3 is 1. The third-order valence-electron chi connectivity index (χ3n) is 1.99.